The fourth-order valence-corrected chi connectivity index (χ4v) is 2.88. The van der Waals surface area contributed by atoms with Gasteiger partial charge in [0.1, 0.15) is 11.5 Å². The summed E-state index contributed by atoms with van der Waals surface area (Å²) >= 11 is 15.4. The lowest BCUT2D eigenvalue weighted by Gasteiger charge is -2.05. The highest BCUT2D eigenvalue weighted by molar-refractivity contribution is 9.10. The first-order valence-corrected chi connectivity index (χ1v) is 8.20. The molecule has 112 valence electrons. The molecule has 3 aromatic rings. The molecule has 22 heavy (non-hydrogen) atoms. The molecule has 0 unspecified atom stereocenters. The second-order valence-corrected chi connectivity index (χ2v) is 6.57. The fraction of sp³-hybridized carbons (Fsp3) is 0.0588. The zero-order valence-corrected chi connectivity index (χ0v) is 14.5. The summed E-state index contributed by atoms with van der Waals surface area (Å²) in [7, 11) is 0. The molecule has 0 saturated carbocycles. The zero-order valence-electron chi connectivity index (χ0n) is 11.4. The number of halogens is 3. The topological polar surface area (TPSA) is 25.2 Å². The predicted octanol–water partition coefficient (Wildman–Crippen LogP) is 6.63. The van der Waals surface area contributed by atoms with Crippen LogP contribution in [0.1, 0.15) is 5.76 Å². The SMILES string of the molecule is Clc1cc(Cl)cc(NCc2ccc(-c3ccc(Br)cc3)o2)c1. The van der Waals surface area contributed by atoms with Crippen LogP contribution in [0.4, 0.5) is 5.69 Å². The maximum atomic E-state index is 5.98. The third-order valence-electron chi connectivity index (χ3n) is 3.12. The van der Waals surface area contributed by atoms with Gasteiger partial charge in [-0.3, -0.25) is 0 Å². The number of rotatable bonds is 4. The molecular weight excluding hydrogens is 385 g/mol. The minimum atomic E-state index is 0.563. The Morgan fingerprint density at radius 3 is 2.27 bits per heavy atom. The van der Waals surface area contributed by atoms with Gasteiger partial charge < -0.3 is 9.73 Å². The molecule has 1 N–H and O–H groups in total. The quantitative estimate of drug-likeness (QED) is 0.535. The van der Waals surface area contributed by atoms with Gasteiger partial charge in [-0.15, -0.1) is 0 Å². The van der Waals surface area contributed by atoms with Crippen LogP contribution in [0, 0.1) is 0 Å². The van der Waals surface area contributed by atoms with E-state index in [0.29, 0.717) is 16.6 Å². The van der Waals surface area contributed by atoms with Crippen LogP contribution in [0.25, 0.3) is 11.3 Å². The lowest BCUT2D eigenvalue weighted by atomic mass is 10.2. The molecule has 0 aliphatic carbocycles. The van der Waals surface area contributed by atoms with Crippen LogP contribution in [0.5, 0.6) is 0 Å². The van der Waals surface area contributed by atoms with Crippen molar-refractivity contribution in [2.45, 2.75) is 6.54 Å². The summed E-state index contributed by atoms with van der Waals surface area (Å²) in [5.74, 6) is 1.68. The van der Waals surface area contributed by atoms with E-state index in [1.807, 2.05) is 48.5 Å². The Morgan fingerprint density at radius 2 is 1.59 bits per heavy atom. The molecule has 2 nitrogen and oxygen atoms in total. The summed E-state index contributed by atoms with van der Waals surface area (Å²) in [6.07, 6.45) is 0. The molecule has 3 rings (SSSR count). The third kappa shape index (κ3) is 3.86. The molecule has 1 heterocycles. The first kappa shape index (κ1) is 15.5. The molecular formula is C17H12BrCl2NO. The molecule has 2 aromatic carbocycles. The molecule has 0 bridgehead atoms. The van der Waals surface area contributed by atoms with Crippen molar-refractivity contribution in [1.29, 1.82) is 0 Å². The normalized spacial score (nSPS) is 10.7. The molecule has 0 spiro atoms. The van der Waals surface area contributed by atoms with E-state index in [4.69, 9.17) is 27.6 Å². The Hall–Kier alpha value is -1.42. The highest BCUT2D eigenvalue weighted by Gasteiger charge is 2.05. The van der Waals surface area contributed by atoms with Crippen molar-refractivity contribution >= 4 is 44.8 Å². The van der Waals surface area contributed by atoms with Gasteiger partial charge in [-0.2, -0.15) is 0 Å². The molecule has 5 heteroatoms. The van der Waals surface area contributed by atoms with Gasteiger partial charge in [-0.05, 0) is 42.5 Å². The van der Waals surface area contributed by atoms with Crippen LogP contribution in [0.3, 0.4) is 0 Å². The van der Waals surface area contributed by atoms with Crippen LogP contribution in [-0.2, 0) is 6.54 Å². The van der Waals surface area contributed by atoms with Gasteiger partial charge in [0.05, 0.1) is 6.54 Å². The summed E-state index contributed by atoms with van der Waals surface area (Å²) in [5, 5.41) is 4.45. The predicted molar refractivity (Wildman–Crippen MR) is 95.6 cm³/mol. The smallest absolute Gasteiger partial charge is 0.134 e. The average Bonchev–Trinajstić information content (AvgIpc) is 2.94. The van der Waals surface area contributed by atoms with E-state index in [2.05, 4.69) is 21.2 Å². The highest BCUT2D eigenvalue weighted by Crippen LogP contribution is 2.26. The number of hydrogen-bond donors (Lipinski definition) is 1. The van der Waals surface area contributed by atoms with Crippen molar-refractivity contribution in [3.8, 4) is 11.3 Å². The standard InChI is InChI=1S/C17H12BrCl2NO/c18-12-3-1-11(2-4-12)17-6-5-16(22-17)10-21-15-8-13(19)7-14(20)9-15/h1-9,21H,10H2. The molecule has 0 radical (unpaired) electrons. The Balaban J connectivity index is 1.70. The Morgan fingerprint density at radius 1 is 0.909 bits per heavy atom. The van der Waals surface area contributed by atoms with Gasteiger partial charge in [-0.25, -0.2) is 0 Å². The summed E-state index contributed by atoms with van der Waals surface area (Å²) in [6, 6.07) is 17.3. The lowest BCUT2D eigenvalue weighted by molar-refractivity contribution is 0.531. The summed E-state index contributed by atoms with van der Waals surface area (Å²) in [6.45, 7) is 0.563. The van der Waals surface area contributed by atoms with E-state index in [1.165, 1.54) is 0 Å². The van der Waals surface area contributed by atoms with Crippen molar-refractivity contribution in [3.05, 3.63) is 74.9 Å². The number of anilines is 1. The van der Waals surface area contributed by atoms with Gasteiger partial charge in [-0.1, -0.05) is 51.3 Å². The van der Waals surface area contributed by atoms with E-state index in [0.717, 1.165) is 27.2 Å². The zero-order chi connectivity index (χ0) is 15.5. The summed E-state index contributed by atoms with van der Waals surface area (Å²) in [5.41, 5.74) is 1.90. The van der Waals surface area contributed by atoms with E-state index in [-0.39, 0.29) is 0 Å². The Kier molecular flexibility index (Phi) is 4.77. The van der Waals surface area contributed by atoms with Gasteiger partial charge >= 0.3 is 0 Å². The van der Waals surface area contributed by atoms with Crippen LogP contribution in [-0.4, -0.2) is 0 Å². The van der Waals surface area contributed by atoms with Gasteiger partial charge in [0, 0.05) is 25.8 Å². The van der Waals surface area contributed by atoms with Crippen LogP contribution in [0.15, 0.2) is 63.5 Å². The Bertz CT molecular complexity index is 763. The van der Waals surface area contributed by atoms with Gasteiger partial charge in [0.25, 0.3) is 0 Å². The minimum Gasteiger partial charge on any atom is -0.459 e. The van der Waals surface area contributed by atoms with Crippen molar-refractivity contribution < 1.29 is 4.42 Å². The van der Waals surface area contributed by atoms with Crippen LogP contribution >= 0.6 is 39.1 Å². The summed E-state index contributed by atoms with van der Waals surface area (Å²) < 4.78 is 6.89. The maximum Gasteiger partial charge on any atom is 0.134 e. The van der Waals surface area contributed by atoms with Crippen molar-refractivity contribution in [3.63, 3.8) is 0 Å². The molecule has 0 amide bonds. The second kappa shape index (κ2) is 6.78. The van der Waals surface area contributed by atoms with Gasteiger partial charge in [0.15, 0.2) is 0 Å². The van der Waals surface area contributed by atoms with Crippen molar-refractivity contribution in [2.24, 2.45) is 0 Å². The molecule has 0 aliphatic rings. The fourth-order valence-electron chi connectivity index (χ4n) is 2.09. The minimum absolute atomic E-state index is 0.563. The van der Waals surface area contributed by atoms with E-state index >= 15 is 0 Å². The summed E-state index contributed by atoms with van der Waals surface area (Å²) in [4.78, 5) is 0. The maximum absolute atomic E-state index is 5.98. The highest BCUT2D eigenvalue weighted by atomic mass is 79.9. The number of benzene rings is 2. The third-order valence-corrected chi connectivity index (χ3v) is 4.08. The van der Waals surface area contributed by atoms with Gasteiger partial charge in [0.2, 0.25) is 0 Å². The average molecular weight is 397 g/mol. The van der Waals surface area contributed by atoms with E-state index in [9.17, 15) is 0 Å². The van der Waals surface area contributed by atoms with Crippen molar-refractivity contribution in [1.82, 2.24) is 0 Å². The molecule has 0 fully saturated rings. The number of nitrogens with one attached hydrogen (secondary N) is 1. The molecule has 0 saturated heterocycles. The number of hydrogen-bond acceptors (Lipinski definition) is 2. The van der Waals surface area contributed by atoms with E-state index in [1.54, 1.807) is 6.07 Å². The first-order chi connectivity index (χ1) is 10.6. The number of furan rings is 1. The first-order valence-electron chi connectivity index (χ1n) is 6.65. The van der Waals surface area contributed by atoms with Crippen LogP contribution < -0.4 is 5.32 Å². The second-order valence-electron chi connectivity index (χ2n) is 4.78. The van der Waals surface area contributed by atoms with Crippen molar-refractivity contribution in [2.75, 3.05) is 5.32 Å². The van der Waals surface area contributed by atoms with Crippen LogP contribution in [0.2, 0.25) is 10.0 Å². The Labute approximate surface area is 147 Å². The molecule has 0 atom stereocenters. The molecule has 1 aromatic heterocycles. The molecule has 0 aliphatic heterocycles. The largest absolute Gasteiger partial charge is 0.459 e. The van der Waals surface area contributed by atoms with E-state index < -0.39 is 0 Å². The lowest BCUT2D eigenvalue weighted by Crippen LogP contribution is -1.97. The monoisotopic (exact) mass is 395 g/mol.